The van der Waals surface area contributed by atoms with E-state index in [0.717, 1.165) is 25.7 Å². The summed E-state index contributed by atoms with van der Waals surface area (Å²) < 4.78 is 32.5. The van der Waals surface area contributed by atoms with Gasteiger partial charge >= 0.3 is 35.8 Å². The molecule has 0 saturated carbocycles. The van der Waals surface area contributed by atoms with E-state index >= 15 is 0 Å². The molecule has 6 rings (SSSR count). The molecular weight excluding hydrogens is 1120 g/mol. The number of unbranched alkanes of at least 4 members (excludes halogenated alkanes) is 12. The molecule has 0 radical (unpaired) electrons. The van der Waals surface area contributed by atoms with E-state index in [-0.39, 0.29) is 143 Å². The van der Waals surface area contributed by atoms with Gasteiger partial charge in [0.05, 0.1) is 39.6 Å². The number of benzene rings is 4. The highest BCUT2D eigenvalue weighted by molar-refractivity contribution is 5.75. The Bertz CT molecular complexity index is 2830. The number of phenols is 2. The Labute approximate surface area is 507 Å². The molecule has 0 aliphatic heterocycles. The standard InChI is InChI=1S/C65H86N6O16/c72-35-17-1-7-27-58(74)82-37-19-3-9-29-60(76)84-39-21-5-11-31-62(78)86-41-33-48-43-50(64(80)56(45-48)70-66-52-23-13-14-24-53(52)67-70)47-51-44-49(46-57(65(51)81)71-68-54-25-15-16-26-55(54)69-71)34-42-87-63(79)32-12-6-22-40-85-61(77)30-10-4-20-38-83-59(75)28-8-2-18-36-73/h13-16,23-26,43-46,72-73,80-81H,1-12,17-22,27-42,47H2. The van der Waals surface area contributed by atoms with Crippen molar-refractivity contribution in [1.82, 2.24) is 30.0 Å². The third-order valence-electron chi connectivity index (χ3n) is 14.4. The number of carbonyl (C=O) groups excluding carboxylic acids is 6. The van der Waals surface area contributed by atoms with Crippen LogP contribution in [0.2, 0.25) is 0 Å². The molecule has 22 heteroatoms. The number of aliphatic hydroxyl groups excluding tert-OH is 2. The summed E-state index contributed by atoms with van der Waals surface area (Å²) in [6.07, 6.45) is 14.1. The molecule has 2 aromatic heterocycles. The SMILES string of the molecule is O=C(CCCCCO)OCCCCCC(=O)OCCCCCC(=O)OCCc1cc(Cc2cc(CCOC(=O)CCCCCOC(=O)CCCCCOC(=O)CCCCCO)cc(-n3nc4ccccc4n3)c2O)c(O)c(-n2nc3ccccc3n2)c1. The van der Waals surface area contributed by atoms with Gasteiger partial charge in [-0.15, -0.1) is 30.0 Å². The number of carbonyl (C=O) groups is 6. The second kappa shape index (κ2) is 38.9. The summed E-state index contributed by atoms with van der Waals surface area (Å²) in [7, 11) is 0. The largest absolute Gasteiger partial charge is 0.505 e. The maximum Gasteiger partial charge on any atom is 0.305 e. The number of ether oxygens (including phenoxy) is 6. The zero-order valence-corrected chi connectivity index (χ0v) is 50.0. The van der Waals surface area contributed by atoms with Gasteiger partial charge in [-0.05, 0) is 150 Å². The quantitative estimate of drug-likeness (QED) is 0.0157. The van der Waals surface area contributed by atoms with E-state index in [1.54, 1.807) is 24.3 Å². The van der Waals surface area contributed by atoms with Crippen molar-refractivity contribution in [1.29, 1.82) is 0 Å². The zero-order valence-electron chi connectivity index (χ0n) is 50.0. The van der Waals surface area contributed by atoms with Crippen molar-refractivity contribution in [3.05, 3.63) is 95.1 Å². The number of nitrogens with zero attached hydrogens (tertiary/aromatic N) is 6. The fourth-order valence-electron chi connectivity index (χ4n) is 9.54. The van der Waals surface area contributed by atoms with Crippen LogP contribution in [0, 0.1) is 0 Å². The normalized spacial score (nSPS) is 11.2. The van der Waals surface area contributed by atoms with Gasteiger partial charge in [0.15, 0.2) is 0 Å². The molecule has 472 valence electrons. The van der Waals surface area contributed by atoms with E-state index in [1.165, 1.54) is 9.59 Å². The second-order valence-corrected chi connectivity index (χ2v) is 21.5. The first-order chi connectivity index (χ1) is 42.4. The number of phenolic OH excluding ortho intramolecular Hbond substituents is 2. The summed E-state index contributed by atoms with van der Waals surface area (Å²) in [5, 5.41) is 60.2. The Hall–Kier alpha value is -7.98. The molecule has 0 saturated heterocycles. The van der Waals surface area contributed by atoms with Gasteiger partial charge in [0.1, 0.15) is 44.9 Å². The number of aromatic nitrogens is 6. The van der Waals surface area contributed by atoms with E-state index in [0.29, 0.717) is 160 Å². The molecule has 4 N–H and O–H groups in total. The minimum atomic E-state index is -0.380. The van der Waals surface area contributed by atoms with Crippen LogP contribution in [0.25, 0.3) is 33.4 Å². The number of rotatable bonds is 44. The summed E-state index contributed by atoms with van der Waals surface area (Å²) in [4.78, 5) is 76.5. The highest BCUT2D eigenvalue weighted by Crippen LogP contribution is 2.35. The van der Waals surface area contributed by atoms with Gasteiger partial charge in [-0.2, -0.15) is 0 Å². The highest BCUT2D eigenvalue weighted by Gasteiger charge is 2.21. The molecule has 2 heterocycles. The van der Waals surface area contributed by atoms with Crippen molar-refractivity contribution in [3.63, 3.8) is 0 Å². The maximum atomic E-state index is 12.9. The molecule has 0 unspecified atom stereocenters. The second-order valence-electron chi connectivity index (χ2n) is 21.5. The number of fused-ring (bicyclic) bond motifs is 2. The van der Waals surface area contributed by atoms with Crippen molar-refractivity contribution >= 4 is 57.9 Å². The highest BCUT2D eigenvalue weighted by atomic mass is 16.6. The van der Waals surface area contributed by atoms with Crippen molar-refractivity contribution in [3.8, 4) is 22.9 Å². The predicted octanol–water partition coefficient (Wildman–Crippen LogP) is 9.85. The van der Waals surface area contributed by atoms with E-state index in [1.807, 2.05) is 48.5 Å². The van der Waals surface area contributed by atoms with E-state index in [4.69, 9.17) is 38.6 Å². The smallest absolute Gasteiger partial charge is 0.305 e. The molecule has 0 aliphatic carbocycles. The molecule has 0 fully saturated rings. The molecule has 0 spiro atoms. The molecule has 22 nitrogen and oxygen atoms in total. The third kappa shape index (κ3) is 25.1. The Kier molecular flexibility index (Phi) is 30.5. The monoisotopic (exact) mass is 1210 g/mol. The molecule has 6 aromatic rings. The fraction of sp³-hybridized carbons (Fsp3) is 0.538. The summed E-state index contributed by atoms with van der Waals surface area (Å²) in [5.74, 6) is -2.10. The number of aromatic hydroxyl groups is 2. The van der Waals surface area contributed by atoms with Crippen molar-refractivity contribution in [2.75, 3.05) is 52.9 Å². The first kappa shape index (κ1) is 68.1. The van der Waals surface area contributed by atoms with Crippen LogP contribution in [0.1, 0.15) is 176 Å². The van der Waals surface area contributed by atoms with Crippen LogP contribution in [0.4, 0.5) is 0 Å². The lowest BCUT2D eigenvalue weighted by atomic mass is 9.96. The van der Waals surface area contributed by atoms with Crippen LogP contribution in [0.5, 0.6) is 11.5 Å². The summed E-state index contributed by atoms with van der Waals surface area (Å²) >= 11 is 0. The Morgan fingerprint density at radius 2 is 0.609 bits per heavy atom. The van der Waals surface area contributed by atoms with Crippen LogP contribution in [-0.4, -0.2) is 139 Å². The summed E-state index contributed by atoms with van der Waals surface area (Å²) in [5.41, 5.74) is 5.22. The maximum absolute atomic E-state index is 12.9. The van der Waals surface area contributed by atoms with Gasteiger partial charge in [0, 0.05) is 82.1 Å². The van der Waals surface area contributed by atoms with Crippen LogP contribution in [-0.2, 0) is 76.5 Å². The van der Waals surface area contributed by atoms with Crippen LogP contribution >= 0.6 is 0 Å². The lowest BCUT2D eigenvalue weighted by molar-refractivity contribution is -0.145. The van der Waals surface area contributed by atoms with E-state index in [9.17, 15) is 39.0 Å². The number of esters is 6. The number of hydrogen-bond donors (Lipinski definition) is 4. The minimum absolute atomic E-state index is 0.0186. The number of hydrogen-bond acceptors (Lipinski definition) is 20. The molecular formula is C65H86N6O16. The van der Waals surface area contributed by atoms with Crippen LogP contribution in [0.3, 0.4) is 0 Å². The van der Waals surface area contributed by atoms with Gasteiger partial charge in [-0.3, -0.25) is 28.8 Å². The van der Waals surface area contributed by atoms with Crippen molar-refractivity contribution in [2.24, 2.45) is 0 Å². The van der Waals surface area contributed by atoms with Crippen LogP contribution in [0.15, 0.2) is 72.8 Å². The van der Waals surface area contributed by atoms with Crippen molar-refractivity contribution < 1.29 is 77.6 Å². The van der Waals surface area contributed by atoms with Crippen LogP contribution < -0.4 is 0 Å². The minimum Gasteiger partial charge on any atom is -0.505 e. The molecule has 0 aliphatic rings. The lowest BCUT2D eigenvalue weighted by Gasteiger charge is -2.16. The van der Waals surface area contributed by atoms with Gasteiger partial charge in [-0.25, -0.2) is 0 Å². The van der Waals surface area contributed by atoms with E-state index in [2.05, 4.69) is 20.4 Å². The molecule has 0 amide bonds. The van der Waals surface area contributed by atoms with Gasteiger partial charge in [-0.1, -0.05) is 49.2 Å². The Morgan fingerprint density at radius 3 is 0.885 bits per heavy atom. The Balaban J connectivity index is 0.977. The third-order valence-corrected chi connectivity index (χ3v) is 14.4. The Morgan fingerprint density at radius 1 is 0.345 bits per heavy atom. The lowest BCUT2D eigenvalue weighted by Crippen LogP contribution is -2.10. The first-order valence-corrected chi connectivity index (χ1v) is 30.9. The molecule has 0 atom stereocenters. The average Bonchev–Trinajstić information content (AvgIpc) is 2.00. The molecule has 87 heavy (non-hydrogen) atoms. The molecule has 4 aromatic carbocycles. The van der Waals surface area contributed by atoms with Crippen molar-refractivity contribution in [2.45, 2.75) is 173 Å². The number of aliphatic hydroxyl groups is 2. The predicted molar refractivity (Wildman–Crippen MR) is 322 cm³/mol. The zero-order chi connectivity index (χ0) is 61.9. The van der Waals surface area contributed by atoms with Gasteiger partial charge in [0.25, 0.3) is 0 Å². The average molecular weight is 1210 g/mol. The topological polar surface area (TPSA) is 300 Å². The van der Waals surface area contributed by atoms with E-state index < -0.39 is 0 Å². The van der Waals surface area contributed by atoms with Gasteiger partial charge < -0.3 is 48.8 Å². The summed E-state index contributed by atoms with van der Waals surface area (Å²) in [6, 6.07) is 21.6. The molecule has 0 bridgehead atoms. The van der Waals surface area contributed by atoms with Gasteiger partial charge in [0.2, 0.25) is 0 Å². The first-order valence-electron chi connectivity index (χ1n) is 30.9. The fourth-order valence-corrected chi connectivity index (χ4v) is 9.54. The summed E-state index contributed by atoms with van der Waals surface area (Å²) in [6.45, 7) is 1.44.